The summed E-state index contributed by atoms with van der Waals surface area (Å²) >= 11 is 6.07. The Labute approximate surface area is 199 Å². The van der Waals surface area contributed by atoms with Gasteiger partial charge in [-0.15, -0.1) is 0 Å². The van der Waals surface area contributed by atoms with Gasteiger partial charge in [-0.3, -0.25) is 4.79 Å². The average Bonchev–Trinajstić information content (AvgIpc) is 3.23. The highest BCUT2D eigenvalue weighted by Gasteiger charge is 2.31. The van der Waals surface area contributed by atoms with E-state index in [2.05, 4.69) is 0 Å². The largest absolute Gasteiger partial charge is 0.341 e. The molecule has 0 radical (unpaired) electrons. The number of amides is 1. The minimum atomic E-state index is -3.22. The number of nitrogens with zero attached hydrogens (tertiary/aromatic N) is 4. The summed E-state index contributed by atoms with van der Waals surface area (Å²) in [7, 11) is -1.43. The molecular weight excluding hydrogens is 460 g/mol. The maximum Gasteiger partial charge on any atom is 0.225 e. The van der Waals surface area contributed by atoms with Crippen LogP contribution in [0.25, 0.3) is 16.9 Å². The summed E-state index contributed by atoms with van der Waals surface area (Å²) in [5, 5.41) is 5.45. The molecule has 174 valence electrons. The lowest BCUT2D eigenvalue weighted by molar-refractivity contribution is -0.135. The first-order valence-corrected chi connectivity index (χ1v) is 13.0. The van der Waals surface area contributed by atoms with Gasteiger partial charge in [0.15, 0.2) is 0 Å². The predicted molar refractivity (Wildman–Crippen MR) is 130 cm³/mol. The maximum absolute atomic E-state index is 13.1. The molecule has 1 aliphatic rings. The molecule has 1 fully saturated rings. The van der Waals surface area contributed by atoms with Crippen LogP contribution in [0.5, 0.6) is 0 Å². The molecule has 0 N–H and O–H groups in total. The van der Waals surface area contributed by atoms with Crippen molar-refractivity contribution in [2.45, 2.75) is 19.4 Å². The maximum atomic E-state index is 13.1. The highest BCUT2D eigenvalue weighted by molar-refractivity contribution is 7.88. The third kappa shape index (κ3) is 5.46. The van der Waals surface area contributed by atoms with Gasteiger partial charge in [-0.1, -0.05) is 41.9 Å². The van der Waals surface area contributed by atoms with Gasteiger partial charge in [-0.2, -0.15) is 5.10 Å². The van der Waals surface area contributed by atoms with Crippen molar-refractivity contribution in [2.75, 3.05) is 26.4 Å². The van der Waals surface area contributed by atoms with Crippen molar-refractivity contribution in [3.63, 3.8) is 0 Å². The molecular formula is C24H27ClN4O3S. The van der Waals surface area contributed by atoms with Crippen molar-refractivity contribution in [2.24, 2.45) is 5.92 Å². The predicted octanol–water partition coefficient (Wildman–Crippen LogP) is 3.82. The van der Waals surface area contributed by atoms with Gasteiger partial charge in [0.2, 0.25) is 15.9 Å². The van der Waals surface area contributed by atoms with Crippen LogP contribution in [0.1, 0.15) is 18.4 Å². The standard InChI is InChI=1S/C24H27ClN4O3S/c1-27(24(30)19-12-14-28(15-13-19)33(2,31)32)16-20-17-29(22-6-4-3-5-7-22)26-23(20)18-8-10-21(25)11-9-18/h3-11,17,19H,12-16H2,1-2H3. The molecule has 1 amide bonds. The fourth-order valence-electron chi connectivity index (χ4n) is 4.17. The molecule has 3 aromatic rings. The molecule has 0 unspecified atom stereocenters. The van der Waals surface area contributed by atoms with Crippen molar-refractivity contribution in [3.8, 4) is 16.9 Å². The highest BCUT2D eigenvalue weighted by atomic mass is 35.5. The minimum absolute atomic E-state index is 0.0256. The second kappa shape index (κ2) is 9.67. The summed E-state index contributed by atoms with van der Waals surface area (Å²) in [5.74, 6) is -0.159. The van der Waals surface area contributed by atoms with Gasteiger partial charge in [-0.05, 0) is 37.1 Å². The van der Waals surface area contributed by atoms with Crippen LogP contribution >= 0.6 is 11.6 Å². The van der Waals surface area contributed by atoms with Crippen LogP contribution in [0.4, 0.5) is 0 Å². The van der Waals surface area contributed by atoms with Gasteiger partial charge in [0.05, 0.1) is 17.6 Å². The Morgan fingerprint density at radius 3 is 2.33 bits per heavy atom. The summed E-state index contributed by atoms with van der Waals surface area (Å²) in [5.41, 5.74) is 3.57. The lowest BCUT2D eigenvalue weighted by Crippen LogP contribution is -2.42. The second-order valence-corrected chi connectivity index (χ2v) is 10.8. The van der Waals surface area contributed by atoms with Gasteiger partial charge >= 0.3 is 0 Å². The van der Waals surface area contributed by atoms with Gasteiger partial charge < -0.3 is 4.90 Å². The van der Waals surface area contributed by atoms with Crippen molar-refractivity contribution in [1.82, 2.24) is 19.0 Å². The molecule has 1 saturated heterocycles. The Bertz CT molecular complexity index is 1220. The molecule has 0 saturated carbocycles. The lowest BCUT2D eigenvalue weighted by atomic mass is 9.96. The smallest absolute Gasteiger partial charge is 0.225 e. The lowest BCUT2D eigenvalue weighted by Gasteiger charge is -2.31. The summed E-state index contributed by atoms with van der Waals surface area (Å²) in [6.45, 7) is 1.16. The van der Waals surface area contributed by atoms with E-state index >= 15 is 0 Å². The molecule has 9 heteroatoms. The summed E-state index contributed by atoms with van der Waals surface area (Å²) in [4.78, 5) is 14.9. The van der Waals surface area contributed by atoms with E-state index in [1.807, 2.05) is 65.5 Å². The van der Waals surface area contributed by atoms with E-state index in [-0.39, 0.29) is 11.8 Å². The van der Waals surface area contributed by atoms with Crippen LogP contribution < -0.4 is 0 Å². The first kappa shape index (κ1) is 23.5. The zero-order valence-electron chi connectivity index (χ0n) is 18.7. The van der Waals surface area contributed by atoms with E-state index in [9.17, 15) is 13.2 Å². The van der Waals surface area contributed by atoms with Crippen LogP contribution in [-0.4, -0.2) is 59.7 Å². The molecule has 0 bridgehead atoms. The van der Waals surface area contributed by atoms with Crippen molar-refractivity contribution in [3.05, 3.63) is 71.4 Å². The second-order valence-electron chi connectivity index (χ2n) is 8.42. The Morgan fingerprint density at radius 1 is 1.09 bits per heavy atom. The number of hydrogen-bond acceptors (Lipinski definition) is 4. The molecule has 0 aliphatic carbocycles. The van der Waals surface area contributed by atoms with E-state index in [4.69, 9.17) is 16.7 Å². The third-order valence-corrected chi connectivity index (χ3v) is 7.54. The van der Waals surface area contributed by atoms with Gasteiger partial charge in [0, 0.05) is 54.9 Å². The molecule has 0 spiro atoms. The summed E-state index contributed by atoms with van der Waals surface area (Å²) in [6.07, 6.45) is 4.23. The van der Waals surface area contributed by atoms with Crippen molar-refractivity contribution >= 4 is 27.5 Å². The van der Waals surface area contributed by atoms with Crippen LogP contribution in [0, 0.1) is 5.92 Å². The Hall–Kier alpha value is -2.68. The quantitative estimate of drug-likeness (QED) is 0.530. The van der Waals surface area contributed by atoms with Crippen molar-refractivity contribution < 1.29 is 13.2 Å². The molecule has 2 heterocycles. The molecule has 0 atom stereocenters. The Kier molecular flexibility index (Phi) is 6.88. The number of carbonyl (C=O) groups excluding carboxylic acids is 1. The Morgan fingerprint density at radius 2 is 1.73 bits per heavy atom. The van der Waals surface area contributed by atoms with E-state index in [0.717, 1.165) is 22.5 Å². The zero-order valence-corrected chi connectivity index (χ0v) is 20.3. The number of aromatic nitrogens is 2. The van der Waals surface area contributed by atoms with Gasteiger partial charge in [0.25, 0.3) is 0 Å². The molecule has 33 heavy (non-hydrogen) atoms. The number of rotatable bonds is 6. The fraction of sp³-hybridized carbons (Fsp3) is 0.333. The van der Waals surface area contributed by atoms with Crippen LogP contribution in [-0.2, 0) is 21.4 Å². The zero-order chi connectivity index (χ0) is 23.6. The van der Waals surface area contributed by atoms with Crippen molar-refractivity contribution in [1.29, 1.82) is 0 Å². The Balaban J connectivity index is 1.55. The van der Waals surface area contributed by atoms with Crippen LogP contribution in [0.3, 0.4) is 0 Å². The van der Waals surface area contributed by atoms with Crippen LogP contribution in [0.2, 0.25) is 5.02 Å². The molecule has 1 aliphatic heterocycles. The van der Waals surface area contributed by atoms with Gasteiger partial charge in [0.1, 0.15) is 0 Å². The van der Waals surface area contributed by atoms with Crippen LogP contribution in [0.15, 0.2) is 60.8 Å². The minimum Gasteiger partial charge on any atom is -0.341 e. The number of carbonyl (C=O) groups is 1. The highest BCUT2D eigenvalue weighted by Crippen LogP contribution is 2.27. The van der Waals surface area contributed by atoms with E-state index < -0.39 is 10.0 Å². The topological polar surface area (TPSA) is 75.5 Å². The van der Waals surface area contributed by atoms with E-state index in [1.54, 1.807) is 11.9 Å². The molecule has 4 rings (SSSR count). The average molecular weight is 487 g/mol. The summed E-state index contributed by atoms with van der Waals surface area (Å²) in [6, 6.07) is 17.3. The number of piperidine rings is 1. The number of sulfonamides is 1. The van der Waals surface area contributed by atoms with Gasteiger partial charge in [-0.25, -0.2) is 17.4 Å². The molecule has 7 nitrogen and oxygen atoms in total. The first-order valence-electron chi connectivity index (χ1n) is 10.8. The number of halogens is 1. The monoisotopic (exact) mass is 486 g/mol. The number of benzene rings is 2. The SMILES string of the molecule is CN(Cc1cn(-c2ccccc2)nc1-c1ccc(Cl)cc1)C(=O)C1CCN(S(C)(=O)=O)CC1. The summed E-state index contributed by atoms with van der Waals surface area (Å²) < 4.78 is 26.8. The molecule has 2 aromatic carbocycles. The van der Waals surface area contributed by atoms with E-state index in [0.29, 0.717) is 37.5 Å². The van der Waals surface area contributed by atoms with E-state index in [1.165, 1.54) is 10.6 Å². The first-order chi connectivity index (χ1) is 15.7. The fourth-order valence-corrected chi connectivity index (χ4v) is 5.17. The normalized spacial score (nSPS) is 15.5. The third-order valence-electron chi connectivity index (χ3n) is 5.98. The number of hydrogen-bond donors (Lipinski definition) is 0. The molecule has 1 aromatic heterocycles. The number of para-hydroxylation sites is 1.